The Labute approximate surface area is 240 Å². The van der Waals surface area contributed by atoms with Gasteiger partial charge in [-0.3, -0.25) is 0 Å². The molecule has 0 N–H and O–H groups in total. The van der Waals surface area contributed by atoms with E-state index in [9.17, 15) is 30.7 Å². The molecule has 0 atom stereocenters. The highest BCUT2D eigenvalue weighted by molar-refractivity contribution is 5.32. The highest BCUT2D eigenvalue weighted by atomic mass is 19.4. The molecule has 0 aromatic heterocycles. The molecule has 4 rings (SSSR count). The molecule has 3 fully saturated rings. The number of rotatable bonds is 10. The average molecular weight is 591 g/mol. The number of alkyl halides is 5. The van der Waals surface area contributed by atoms with E-state index >= 15 is 0 Å². The standard InChI is InChI=1S/C33H45F7O/c1-2-3-4-5-22-6-8-23(9-7-22)10-11-24-12-14-25(15-13-24)26-16-18-27(19-17-26)33(39,40)41-28-20-29(34)31(30(35)21-28)32(36,37)38/h10-11,20-27H,2-9,12-19H2,1H3/b11-10+. The van der Waals surface area contributed by atoms with Crippen molar-refractivity contribution in [2.45, 2.75) is 122 Å². The summed E-state index contributed by atoms with van der Waals surface area (Å²) in [6.45, 7) is 2.26. The topological polar surface area (TPSA) is 9.23 Å². The fraction of sp³-hybridized carbons (Fsp3) is 0.758. The molecule has 1 aromatic rings. The molecule has 0 heterocycles. The highest BCUT2D eigenvalue weighted by Gasteiger charge is 2.46. The van der Waals surface area contributed by atoms with E-state index in [0.717, 1.165) is 31.6 Å². The zero-order valence-corrected chi connectivity index (χ0v) is 24.1. The summed E-state index contributed by atoms with van der Waals surface area (Å²) in [5.41, 5.74) is -2.11. The predicted molar refractivity (Wildman–Crippen MR) is 147 cm³/mol. The Balaban J connectivity index is 1.18. The zero-order chi connectivity index (χ0) is 29.6. The summed E-state index contributed by atoms with van der Waals surface area (Å²) in [7, 11) is 0. The number of allylic oxidation sites excluding steroid dienone is 2. The number of benzene rings is 1. The normalized spacial score (nSPS) is 30.0. The van der Waals surface area contributed by atoms with E-state index in [1.54, 1.807) is 0 Å². The Morgan fingerprint density at radius 3 is 1.68 bits per heavy atom. The third kappa shape index (κ3) is 8.89. The van der Waals surface area contributed by atoms with Crippen molar-refractivity contribution in [3.63, 3.8) is 0 Å². The van der Waals surface area contributed by atoms with Gasteiger partial charge in [0.05, 0.1) is 5.92 Å². The van der Waals surface area contributed by atoms with Crippen LogP contribution >= 0.6 is 0 Å². The van der Waals surface area contributed by atoms with Crippen LogP contribution in [0.5, 0.6) is 5.75 Å². The summed E-state index contributed by atoms with van der Waals surface area (Å²) in [5, 5.41) is 0. The fourth-order valence-electron chi connectivity index (χ4n) is 7.52. The summed E-state index contributed by atoms with van der Waals surface area (Å²) >= 11 is 0. The van der Waals surface area contributed by atoms with Crippen LogP contribution in [0, 0.1) is 47.1 Å². The first-order valence-corrected chi connectivity index (χ1v) is 15.8. The van der Waals surface area contributed by atoms with Gasteiger partial charge in [0.2, 0.25) is 0 Å². The van der Waals surface area contributed by atoms with Crippen LogP contribution in [0.15, 0.2) is 24.3 Å². The lowest BCUT2D eigenvalue weighted by Crippen LogP contribution is -2.38. The molecule has 41 heavy (non-hydrogen) atoms. The maximum atomic E-state index is 14.8. The van der Waals surface area contributed by atoms with E-state index in [4.69, 9.17) is 0 Å². The summed E-state index contributed by atoms with van der Waals surface area (Å²) < 4.78 is 100. The number of unbranched alkanes of at least 4 members (excludes halogenated alkanes) is 2. The van der Waals surface area contributed by atoms with E-state index < -0.39 is 41.2 Å². The Morgan fingerprint density at radius 1 is 0.707 bits per heavy atom. The molecule has 0 radical (unpaired) electrons. The van der Waals surface area contributed by atoms with Crippen molar-refractivity contribution in [3.05, 3.63) is 41.5 Å². The molecule has 8 heteroatoms. The van der Waals surface area contributed by atoms with Crippen LogP contribution in [0.1, 0.15) is 115 Å². The van der Waals surface area contributed by atoms with Gasteiger partial charge in [-0.15, -0.1) is 0 Å². The summed E-state index contributed by atoms with van der Waals surface area (Å²) in [6, 6.07) is 0.357. The van der Waals surface area contributed by atoms with E-state index in [1.165, 1.54) is 51.4 Å². The van der Waals surface area contributed by atoms with Crippen molar-refractivity contribution in [1.29, 1.82) is 0 Å². The molecule has 0 unspecified atom stereocenters. The molecule has 3 saturated carbocycles. The van der Waals surface area contributed by atoms with E-state index in [1.807, 2.05) is 0 Å². The van der Waals surface area contributed by atoms with Gasteiger partial charge in [0.25, 0.3) is 0 Å². The summed E-state index contributed by atoms with van der Waals surface area (Å²) in [5.74, 6) is -2.90. The van der Waals surface area contributed by atoms with Gasteiger partial charge < -0.3 is 4.74 Å². The van der Waals surface area contributed by atoms with Crippen LogP contribution in [-0.2, 0) is 6.18 Å². The van der Waals surface area contributed by atoms with Crippen molar-refractivity contribution in [2.24, 2.45) is 35.5 Å². The molecule has 3 aliphatic rings. The third-order valence-electron chi connectivity index (χ3n) is 10.0. The lowest BCUT2D eigenvalue weighted by molar-refractivity contribution is -0.224. The minimum Gasteiger partial charge on any atom is -0.432 e. The van der Waals surface area contributed by atoms with Gasteiger partial charge in [-0.2, -0.15) is 22.0 Å². The molecule has 0 spiro atoms. The zero-order valence-electron chi connectivity index (χ0n) is 24.1. The van der Waals surface area contributed by atoms with Gasteiger partial charge in [0, 0.05) is 12.1 Å². The molecule has 3 aliphatic carbocycles. The van der Waals surface area contributed by atoms with Crippen molar-refractivity contribution in [3.8, 4) is 5.75 Å². The Hall–Kier alpha value is -1.73. The van der Waals surface area contributed by atoms with Gasteiger partial charge in [-0.25, -0.2) is 8.78 Å². The van der Waals surface area contributed by atoms with Crippen LogP contribution in [0.2, 0.25) is 0 Å². The van der Waals surface area contributed by atoms with E-state index in [-0.39, 0.29) is 25.0 Å². The molecular weight excluding hydrogens is 545 g/mol. The smallest absolute Gasteiger partial charge is 0.422 e. The first-order chi connectivity index (χ1) is 19.5. The van der Waals surface area contributed by atoms with Gasteiger partial charge in [0.15, 0.2) is 0 Å². The summed E-state index contributed by atoms with van der Waals surface area (Å²) in [4.78, 5) is 0. The minimum absolute atomic E-state index is 0.179. The van der Waals surface area contributed by atoms with Crippen molar-refractivity contribution >= 4 is 0 Å². The molecule has 0 aliphatic heterocycles. The van der Waals surface area contributed by atoms with E-state index in [2.05, 4.69) is 23.8 Å². The van der Waals surface area contributed by atoms with Gasteiger partial charge in [0.1, 0.15) is 22.9 Å². The summed E-state index contributed by atoms with van der Waals surface area (Å²) in [6.07, 6.45) is 12.8. The third-order valence-corrected chi connectivity index (χ3v) is 10.0. The number of halogens is 7. The molecule has 232 valence electrons. The number of hydrogen-bond donors (Lipinski definition) is 0. The van der Waals surface area contributed by atoms with Crippen LogP contribution in [-0.4, -0.2) is 6.11 Å². The molecule has 0 saturated heterocycles. The van der Waals surface area contributed by atoms with Crippen LogP contribution < -0.4 is 4.74 Å². The largest absolute Gasteiger partial charge is 0.432 e. The second-order valence-corrected chi connectivity index (χ2v) is 12.9. The lowest BCUT2D eigenvalue weighted by Gasteiger charge is -2.39. The Kier molecular flexibility index (Phi) is 11.1. The number of hydrogen-bond acceptors (Lipinski definition) is 1. The van der Waals surface area contributed by atoms with E-state index in [0.29, 0.717) is 36.5 Å². The van der Waals surface area contributed by atoms with Crippen LogP contribution in [0.3, 0.4) is 0 Å². The monoisotopic (exact) mass is 590 g/mol. The second kappa shape index (κ2) is 14.2. The molecule has 0 amide bonds. The van der Waals surface area contributed by atoms with Crippen molar-refractivity contribution in [2.75, 3.05) is 0 Å². The predicted octanol–water partition coefficient (Wildman–Crippen LogP) is 11.5. The maximum absolute atomic E-state index is 14.8. The first-order valence-electron chi connectivity index (χ1n) is 15.8. The fourth-order valence-corrected chi connectivity index (χ4v) is 7.52. The first kappa shape index (κ1) is 32.2. The molecule has 1 nitrogen and oxygen atoms in total. The van der Waals surface area contributed by atoms with Crippen molar-refractivity contribution in [1.82, 2.24) is 0 Å². The van der Waals surface area contributed by atoms with Gasteiger partial charge >= 0.3 is 12.3 Å². The molecular formula is C33H45F7O. The van der Waals surface area contributed by atoms with Crippen LogP contribution in [0.25, 0.3) is 0 Å². The van der Waals surface area contributed by atoms with Crippen molar-refractivity contribution < 1.29 is 35.5 Å². The number of ether oxygens (including phenoxy) is 1. The molecule has 0 bridgehead atoms. The van der Waals surface area contributed by atoms with Crippen LogP contribution in [0.4, 0.5) is 30.7 Å². The highest BCUT2D eigenvalue weighted by Crippen LogP contribution is 2.46. The van der Waals surface area contributed by atoms with Gasteiger partial charge in [-0.05, 0) is 107 Å². The lowest BCUT2D eigenvalue weighted by atomic mass is 9.69. The maximum Gasteiger partial charge on any atom is 0.422 e. The van der Waals surface area contributed by atoms with Gasteiger partial charge in [-0.1, -0.05) is 44.8 Å². The molecule has 1 aromatic carbocycles. The minimum atomic E-state index is -5.27. The second-order valence-electron chi connectivity index (χ2n) is 12.9. The Morgan fingerprint density at radius 2 is 1.20 bits per heavy atom. The average Bonchev–Trinajstić information content (AvgIpc) is 2.92. The quantitative estimate of drug-likeness (QED) is 0.150. The SMILES string of the molecule is CCCCCC1CCC(/C=C/C2CCC(C3CCC(C(F)(F)Oc4cc(F)c(C(F)(F)F)c(F)c4)CC3)CC2)CC1. The Bertz CT molecular complexity index is 957.